The Bertz CT molecular complexity index is 612. The fourth-order valence-corrected chi connectivity index (χ4v) is 2.54. The van der Waals surface area contributed by atoms with Crippen LogP contribution in [0.25, 0.3) is 0 Å². The van der Waals surface area contributed by atoms with E-state index in [1.165, 1.54) is 5.56 Å². The molecule has 1 aliphatic rings. The van der Waals surface area contributed by atoms with Gasteiger partial charge in [-0.15, -0.1) is 0 Å². The average molecular weight is 303 g/mol. The van der Waals surface area contributed by atoms with Gasteiger partial charge in [0, 0.05) is 12.4 Å². The molecule has 1 N–H and O–H groups in total. The highest BCUT2D eigenvalue weighted by Gasteiger charge is 2.31. The zero-order chi connectivity index (χ0) is 12.5. The third-order valence-electron chi connectivity index (χ3n) is 3.20. The molecule has 2 aromatic rings. The highest BCUT2D eigenvalue weighted by Crippen LogP contribution is 2.36. The lowest BCUT2D eigenvalue weighted by molar-refractivity contribution is -0.118. The molecule has 1 amide bonds. The van der Waals surface area contributed by atoms with Gasteiger partial charge in [-0.3, -0.25) is 9.78 Å². The third kappa shape index (κ3) is 1.93. The van der Waals surface area contributed by atoms with E-state index >= 15 is 0 Å². The number of nitrogens with zero attached hydrogens (tertiary/aromatic N) is 1. The Balaban J connectivity index is 1.77. The van der Waals surface area contributed by atoms with Crippen molar-refractivity contribution in [2.45, 2.75) is 12.3 Å². The summed E-state index contributed by atoms with van der Waals surface area (Å²) in [6.45, 7) is 0. The quantitative estimate of drug-likeness (QED) is 0.926. The molecule has 1 heterocycles. The zero-order valence-electron chi connectivity index (χ0n) is 9.56. The van der Waals surface area contributed by atoms with E-state index in [0.717, 1.165) is 22.1 Å². The largest absolute Gasteiger partial charge is 0.324 e. The molecular formula is C14H11BrN2O. The van der Waals surface area contributed by atoms with Gasteiger partial charge in [0.15, 0.2) is 0 Å². The lowest BCUT2D eigenvalue weighted by Gasteiger charge is -2.28. The van der Waals surface area contributed by atoms with Crippen molar-refractivity contribution >= 4 is 27.5 Å². The molecule has 18 heavy (non-hydrogen) atoms. The number of carbonyl (C=O) groups is 1. The number of fused-ring (bicyclic) bond motifs is 1. The van der Waals surface area contributed by atoms with Crippen LogP contribution in [0.3, 0.4) is 0 Å². The van der Waals surface area contributed by atoms with Crippen LogP contribution in [-0.4, -0.2) is 10.9 Å². The predicted molar refractivity (Wildman–Crippen MR) is 73.5 cm³/mol. The molecule has 0 aliphatic heterocycles. The fraction of sp³-hybridized carbons (Fsp3) is 0.143. The first kappa shape index (κ1) is 11.4. The first-order chi connectivity index (χ1) is 8.75. The number of carbonyl (C=O) groups excluding carboxylic acids is 1. The van der Waals surface area contributed by atoms with Crippen molar-refractivity contribution in [3.8, 4) is 0 Å². The Morgan fingerprint density at radius 3 is 2.94 bits per heavy atom. The molecule has 0 radical (unpaired) electrons. The van der Waals surface area contributed by atoms with Gasteiger partial charge in [0.25, 0.3) is 0 Å². The van der Waals surface area contributed by atoms with Crippen LogP contribution in [0, 0.1) is 0 Å². The molecule has 1 aliphatic carbocycles. The Morgan fingerprint density at radius 2 is 2.17 bits per heavy atom. The number of rotatable bonds is 2. The number of benzene rings is 1. The molecule has 0 saturated heterocycles. The number of pyridine rings is 1. The molecule has 1 atom stereocenters. The minimum atomic E-state index is -0.0266. The van der Waals surface area contributed by atoms with Gasteiger partial charge in [0.2, 0.25) is 5.91 Å². The van der Waals surface area contributed by atoms with E-state index in [2.05, 4.69) is 32.3 Å². The molecule has 0 fully saturated rings. The summed E-state index contributed by atoms with van der Waals surface area (Å²) in [5, 5.41) is 2.93. The molecule has 90 valence electrons. The molecule has 1 unspecified atom stereocenters. The van der Waals surface area contributed by atoms with Crippen molar-refractivity contribution in [2.24, 2.45) is 0 Å². The lowest BCUT2D eigenvalue weighted by atomic mass is 9.77. The molecule has 1 aromatic heterocycles. The standard InChI is InChI=1S/C14H11BrN2O/c15-12-8-16-6-5-13(12)17-14(18)11-7-9-3-1-2-4-10(9)11/h1-6,8,11H,7H2,(H,16,17,18). The van der Waals surface area contributed by atoms with E-state index < -0.39 is 0 Å². The topological polar surface area (TPSA) is 42.0 Å². The molecular weight excluding hydrogens is 292 g/mol. The zero-order valence-corrected chi connectivity index (χ0v) is 11.1. The van der Waals surface area contributed by atoms with Crippen LogP contribution >= 0.6 is 15.9 Å². The van der Waals surface area contributed by atoms with Crippen molar-refractivity contribution in [2.75, 3.05) is 5.32 Å². The molecule has 4 heteroatoms. The molecule has 3 nitrogen and oxygen atoms in total. The summed E-state index contributed by atoms with van der Waals surface area (Å²) >= 11 is 3.37. The van der Waals surface area contributed by atoms with Gasteiger partial charge in [0.05, 0.1) is 16.1 Å². The van der Waals surface area contributed by atoms with Crippen molar-refractivity contribution in [1.29, 1.82) is 0 Å². The second-order valence-electron chi connectivity index (χ2n) is 4.30. The molecule has 0 spiro atoms. The van der Waals surface area contributed by atoms with Gasteiger partial charge in [-0.25, -0.2) is 0 Å². The Morgan fingerprint density at radius 1 is 1.33 bits per heavy atom. The van der Waals surface area contributed by atoms with Crippen molar-refractivity contribution < 1.29 is 4.79 Å². The first-order valence-corrected chi connectivity index (χ1v) is 6.53. The number of hydrogen-bond donors (Lipinski definition) is 1. The summed E-state index contributed by atoms with van der Waals surface area (Å²) < 4.78 is 0.797. The molecule has 0 saturated carbocycles. The predicted octanol–water partition coefficient (Wildman–Crippen LogP) is 3.12. The lowest BCUT2D eigenvalue weighted by Crippen LogP contribution is -2.30. The van der Waals surface area contributed by atoms with Gasteiger partial charge < -0.3 is 5.32 Å². The van der Waals surface area contributed by atoms with Crippen LogP contribution in [0.2, 0.25) is 0 Å². The van der Waals surface area contributed by atoms with Crippen molar-refractivity contribution in [3.05, 3.63) is 58.3 Å². The molecule has 0 bridgehead atoms. The van der Waals surface area contributed by atoms with E-state index in [0.29, 0.717) is 0 Å². The van der Waals surface area contributed by atoms with E-state index in [4.69, 9.17) is 0 Å². The van der Waals surface area contributed by atoms with Crippen LogP contribution in [0.5, 0.6) is 0 Å². The SMILES string of the molecule is O=C(Nc1ccncc1Br)C1Cc2ccccc21. The van der Waals surface area contributed by atoms with E-state index in [1.54, 1.807) is 18.5 Å². The number of halogens is 1. The maximum atomic E-state index is 12.2. The summed E-state index contributed by atoms with van der Waals surface area (Å²) in [5.41, 5.74) is 3.17. The number of hydrogen-bond acceptors (Lipinski definition) is 2. The van der Waals surface area contributed by atoms with Gasteiger partial charge >= 0.3 is 0 Å². The average Bonchev–Trinajstić information content (AvgIpc) is 2.34. The van der Waals surface area contributed by atoms with Gasteiger partial charge in [-0.2, -0.15) is 0 Å². The Kier molecular flexibility index (Phi) is 2.88. The van der Waals surface area contributed by atoms with Crippen LogP contribution in [0.15, 0.2) is 47.2 Å². The smallest absolute Gasteiger partial charge is 0.232 e. The number of anilines is 1. The van der Waals surface area contributed by atoms with Crippen LogP contribution < -0.4 is 5.32 Å². The fourth-order valence-electron chi connectivity index (χ4n) is 2.19. The normalized spacial score (nSPS) is 16.6. The second-order valence-corrected chi connectivity index (χ2v) is 5.15. The Hall–Kier alpha value is -1.68. The number of amides is 1. The summed E-state index contributed by atoms with van der Waals surface area (Å²) in [5.74, 6) is 0.0156. The summed E-state index contributed by atoms with van der Waals surface area (Å²) in [6.07, 6.45) is 4.16. The Labute approximate surface area is 113 Å². The van der Waals surface area contributed by atoms with Crippen LogP contribution in [0.1, 0.15) is 17.0 Å². The monoisotopic (exact) mass is 302 g/mol. The van der Waals surface area contributed by atoms with Gasteiger partial charge in [-0.1, -0.05) is 24.3 Å². The van der Waals surface area contributed by atoms with Crippen molar-refractivity contribution in [3.63, 3.8) is 0 Å². The molecule has 1 aromatic carbocycles. The summed E-state index contributed by atoms with van der Waals surface area (Å²) in [6, 6.07) is 9.85. The van der Waals surface area contributed by atoms with Gasteiger partial charge in [-0.05, 0) is 39.5 Å². The number of nitrogens with one attached hydrogen (secondary N) is 1. The van der Waals surface area contributed by atoms with Crippen LogP contribution in [0.4, 0.5) is 5.69 Å². The summed E-state index contributed by atoms with van der Waals surface area (Å²) in [4.78, 5) is 16.1. The second kappa shape index (κ2) is 4.53. The third-order valence-corrected chi connectivity index (χ3v) is 3.83. The number of aromatic nitrogens is 1. The highest BCUT2D eigenvalue weighted by molar-refractivity contribution is 9.10. The minimum Gasteiger partial charge on any atom is -0.324 e. The van der Waals surface area contributed by atoms with E-state index in [1.807, 2.05) is 18.2 Å². The molecule has 3 rings (SSSR count). The highest BCUT2D eigenvalue weighted by atomic mass is 79.9. The van der Waals surface area contributed by atoms with Crippen molar-refractivity contribution in [1.82, 2.24) is 4.98 Å². The first-order valence-electron chi connectivity index (χ1n) is 5.74. The van der Waals surface area contributed by atoms with Crippen LogP contribution in [-0.2, 0) is 11.2 Å². The minimum absolute atomic E-state index is 0.0266. The maximum Gasteiger partial charge on any atom is 0.232 e. The van der Waals surface area contributed by atoms with E-state index in [9.17, 15) is 4.79 Å². The van der Waals surface area contributed by atoms with E-state index in [-0.39, 0.29) is 11.8 Å². The van der Waals surface area contributed by atoms with Gasteiger partial charge in [0.1, 0.15) is 0 Å². The summed E-state index contributed by atoms with van der Waals surface area (Å²) in [7, 11) is 0. The maximum absolute atomic E-state index is 12.2.